The molecule has 1 aromatic carbocycles. The summed E-state index contributed by atoms with van der Waals surface area (Å²) in [5.74, 6) is 1.18. The van der Waals surface area contributed by atoms with Crippen LogP contribution >= 0.6 is 0 Å². The van der Waals surface area contributed by atoms with Gasteiger partial charge in [0.1, 0.15) is 11.4 Å². The van der Waals surface area contributed by atoms with Crippen molar-refractivity contribution in [3.8, 4) is 5.75 Å². The third-order valence-corrected chi connectivity index (χ3v) is 5.49. The number of aryl methyl sites for hydroxylation is 1. The topological polar surface area (TPSA) is 68.3 Å². The molecule has 7 heteroatoms. The van der Waals surface area contributed by atoms with Crippen LogP contribution in [-0.2, 0) is 27.2 Å². The minimum atomic E-state index is -0.681. The Labute approximate surface area is 192 Å². The summed E-state index contributed by atoms with van der Waals surface area (Å²) in [7, 11) is 0. The largest absolute Gasteiger partial charge is 0.493 e. The quantitative estimate of drug-likeness (QED) is 0.683. The number of morpholine rings is 1. The minimum Gasteiger partial charge on any atom is -0.493 e. The summed E-state index contributed by atoms with van der Waals surface area (Å²) in [5, 5.41) is 0. The van der Waals surface area contributed by atoms with Crippen molar-refractivity contribution in [2.75, 3.05) is 32.8 Å². The van der Waals surface area contributed by atoms with Gasteiger partial charge in [0.15, 0.2) is 6.10 Å². The highest BCUT2D eigenvalue weighted by atomic mass is 16.6. The van der Waals surface area contributed by atoms with Crippen LogP contribution < -0.4 is 4.74 Å². The Kier molecular flexibility index (Phi) is 8.04. The molecule has 3 rings (SSSR count). The minimum absolute atomic E-state index is 0.0850. The summed E-state index contributed by atoms with van der Waals surface area (Å²) in [6, 6.07) is 6.23. The summed E-state index contributed by atoms with van der Waals surface area (Å²) in [6.45, 7) is 12.6. The number of nitrogens with zero attached hydrogens (tertiary/aromatic N) is 2. The van der Waals surface area contributed by atoms with E-state index < -0.39 is 17.8 Å². The van der Waals surface area contributed by atoms with Crippen LogP contribution in [-0.4, -0.2) is 66.4 Å². The molecule has 1 saturated heterocycles. The average Bonchev–Trinajstić information content (AvgIpc) is 2.96. The lowest BCUT2D eigenvalue weighted by Gasteiger charge is -2.36. The predicted octanol–water partition coefficient (Wildman–Crippen LogP) is 4.02. The molecular formula is C25H38N2O5. The Bertz CT molecular complexity index is 802. The smallest absolute Gasteiger partial charge is 0.410 e. The molecule has 1 atom stereocenters. The molecule has 2 amide bonds. The van der Waals surface area contributed by atoms with Gasteiger partial charge in [-0.2, -0.15) is 0 Å². The van der Waals surface area contributed by atoms with E-state index in [-0.39, 0.29) is 12.5 Å². The van der Waals surface area contributed by atoms with E-state index in [2.05, 4.69) is 19.9 Å². The highest BCUT2D eigenvalue weighted by Gasteiger charge is 2.34. The maximum Gasteiger partial charge on any atom is 0.410 e. The van der Waals surface area contributed by atoms with Crippen molar-refractivity contribution >= 4 is 12.0 Å². The van der Waals surface area contributed by atoms with Crippen molar-refractivity contribution in [2.24, 2.45) is 5.92 Å². The first kappa shape index (κ1) is 24.4. The Hall–Kier alpha value is -2.28. The molecule has 1 unspecified atom stereocenters. The Morgan fingerprint density at radius 1 is 1.22 bits per heavy atom. The summed E-state index contributed by atoms with van der Waals surface area (Å²) < 4.78 is 17.1. The van der Waals surface area contributed by atoms with Gasteiger partial charge in [-0.3, -0.25) is 4.79 Å². The third-order valence-electron chi connectivity index (χ3n) is 5.49. The van der Waals surface area contributed by atoms with Gasteiger partial charge in [-0.15, -0.1) is 0 Å². The van der Waals surface area contributed by atoms with Crippen LogP contribution in [0, 0.1) is 5.92 Å². The van der Waals surface area contributed by atoms with E-state index in [1.54, 1.807) is 4.90 Å². The summed E-state index contributed by atoms with van der Waals surface area (Å²) in [6.07, 6.45) is 2.09. The monoisotopic (exact) mass is 446 g/mol. The van der Waals surface area contributed by atoms with Crippen molar-refractivity contribution in [3.63, 3.8) is 0 Å². The van der Waals surface area contributed by atoms with Crippen LogP contribution in [0.15, 0.2) is 18.2 Å². The van der Waals surface area contributed by atoms with Gasteiger partial charge < -0.3 is 24.0 Å². The third kappa shape index (κ3) is 6.86. The fourth-order valence-corrected chi connectivity index (χ4v) is 4.06. The van der Waals surface area contributed by atoms with E-state index in [1.807, 2.05) is 37.8 Å². The number of rotatable bonds is 5. The van der Waals surface area contributed by atoms with E-state index >= 15 is 0 Å². The first-order valence-corrected chi connectivity index (χ1v) is 11.8. The highest BCUT2D eigenvalue weighted by molar-refractivity contribution is 5.82. The molecule has 0 radical (unpaired) electrons. The average molecular weight is 447 g/mol. The molecule has 0 spiro atoms. The normalized spacial score (nSPS) is 19.1. The van der Waals surface area contributed by atoms with Gasteiger partial charge in [0.25, 0.3) is 5.91 Å². The molecule has 2 aliphatic heterocycles. The number of amides is 2. The molecule has 1 fully saturated rings. The molecule has 0 saturated carbocycles. The van der Waals surface area contributed by atoms with Crippen LogP contribution in [0.5, 0.6) is 5.75 Å². The number of hydrogen-bond donors (Lipinski definition) is 0. The second kappa shape index (κ2) is 10.6. The lowest BCUT2D eigenvalue weighted by molar-refractivity contribution is -0.150. The molecule has 2 aliphatic rings. The fourth-order valence-electron chi connectivity index (χ4n) is 4.06. The van der Waals surface area contributed by atoms with E-state index in [0.29, 0.717) is 32.2 Å². The molecule has 7 nitrogen and oxygen atoms in total. The zero-order chi connectivity index (χ0) is 23.3. The van der Waals surface area contributed by atoms with Crippen LogP contribution in [0.2, 0.25) is 0 Å². The second-order valence-corrected chi connectivity index (χ2v) is 10.1. The summed E-state index contributed by atoms with van der Waals surface area (Å²) >= 11 is 0. The van der Waals surface area contributed by atoms with Crippen LogP contribution in [0.3, 0.4) is 0 Å². The van der Waals surface area contributed by atoms with Gasteiger partial charge in [0.2, 0.25) is 0 Å². The van der Waals surface area contributed by atoms with Crippen molar-refractivity contribution < 1.29 is 23.8 Å². The SMILES string of the molecule is CC(C)CN(Cc1ccc2c(c1)CCCCO2)C(=O)C1CN(C(=O)OC(C)(C)C)CCO1. The van der Waals surface area contributed by atoms with Crippen LogP contribution in [0.4, 0.5) is 4.79 Å². The molecule has 0 bridgehead atoms. The first-order chi connectivity index (χ1) is 15.1. The van der Waals surface area contributed by atoms with Gasteiger partial charge in [-0.05, 0) is 63.1 Å². The lowest BCUT2D eigenvalue weighted by atomic mass is 10.0. The predicted molar refractivity (Wildman–Crippen MR) is 123 cm³/mol. The molecule has 0 aliphatic carbocycles. The standard InChI is InChI=1S/C25H38N2O5/c1-18(2)15-27(16-19-9-10-21-20(14-19)8-6-7-12-30-21)23(28)22-17-26(11-13-31-22)24(29)32-25(3,4)5/h9-10,14,18,22H,6-8,11-13,15-17H2,1-5H3. The zero-order valence-corrected chi connectivity index (χ0v) is 20.2. The Morgan fingerprint density at radius 2 is 2.00 bits per heavy atom. The number of ether oxygens (including phenoxy) is 3. The molecule has 2 heterocycles. The fraction of sp³-hybridized carbons (Fsp3) is 0.680. The van der Waals surface area contributed by atoms with Crippen LogP contribution in [0.25, 0.3) is 0 Å². The molecule has 1 aromatic rings. The number of fused-ring (bicyclic) bond motifs is 1. The van der Waals surface area contributed by atoms with Gasteiger partial charge in [-0.1, -0.05) is 26.0 Å². The Morgan fingerprint density at radius 3 is 2.72 bits per heavy atom. The molecular weight excluding hydrogens is 408 g/mol. The van der Waals surface area contributed by atoms with Gasteiger partial charge >= 0.3 is 6.09 Å². The number of carbonyl (C=O) groups excluding carboxylic acids is 2. The van der Waals surface area contributed by atoms with E-state index in [1.165, 1.54) is 5.56 Å². The summed E-state index contributed by atoms with van der Waals surface area (Å²) in [5.41, 5.74) is 1.72. The second-order valence-electron chi connectivity index (χ2n) is 10.1. The molecule has 178 valence electrons. The zero-order valence-electron chi connectivity index (χ0n) is 20.2. The van der Waals surface area contributed by atoms with E-state index in [9.17, 15) is 9.59 Å². The maximum absolute atomic E-state index is 13.4. The Balaban J connectivity index is 1.70. The number of carbonyl (C=O) groups is 2. The molecule has 0 N–H and O–H groups in total. The van der Waals surface area contributed by atoms with E-state index in [0.717, 1.165) is 37.2 Å². The van der Waals surface area contributed by atoms with E-state index in [4.69, 9.17) is 14.2 Å². The van der Waals surface area contributed by atoms with Crippen molar-refractivity contribution in [1.29, 1.82) is 0 Å². The van der Waals surface area contributed by atoms with Gasteiger partial charge in [0.05, 0.1) is 19.8 Å². The highest BCUT2D eigenvalue weighted by Crippen LogP contribution is 2.26. The van der Waals surface area contributed by atoms with Crippen molar-refractivity contribution in [3.05, 3.63) is 29.3 Å². The lowest BCUT2D eigenvalue weighted by Crippen LogP contribution is -2.53. The number of hydrogen-bond acceptors (Lipinski definition) is 5. The van der Waals surface area contributed by atoms with Gasteiger partial charge in [0, 0.05) is 19.6 Å². The number of benzene rings is 1. The summed E-state index contributed by atoms with van der Waals surface area (Å²) in [4.78, 5) is 29.4. The molecule has 0 aromatic heterocycles. The van der Waals surface area contributed by atoms with Gasteiger partial charge in [-0.25, -0.2) is 4.79 Å². The first-order valence-electron chi connectivity index (χ1n) is 11.8. The molecule has 32 heavy (non-hydrogen) atoms. The van der Waals surface area contributed by atoms with Crippen molar-refractivity contribution in [1.82, 2.24) is 9.80 Å². The maximum atomic E-state index is 13.4. The van der Waals surface area contributed by atoms with Crippen molar-refractivity contribution in [2.45, 2.75) is 72.1 Å². The van der Waals surface area contributed by atoms with Crippen LogP contribution in [0.1, 0.15) is 58.6 Å².